The first-order valence-electron chi connectivity index (χ1n) is 11.8. The van der Waals surface area contributed by atoms with Crippen molar-refractivity contribution in [3.8, 4) is 0 Å². The van der Waals surface area contributed by atoms with Gasteiger partial charge in [-0.05, 0) is 32.1 Å². The van der Waals surface area contributed by atoms with Crippen LogP contribution in [-0.2, 0) is 0 Å². The molecule has 0 aromatic rings. The van der Waals surface area contributed by atoms with Crippen LogP contribution < -0.4 is 0 Å². The molecule has 152 valence electrons. The molecule has 1 heteroatoms. The summed E-state index contributed by atoms with van der Waals surface area (Å²) in [5.41, 5.74) is 0.937. The molecule has 0 saturated heterocycles. The zero-order chi connectivity index (χ0) is 19.4. The third-order valence-corrected chi connectivity index (χ3v) is 6.92. The summed E-state index contributed by atoms with van der Waals surface area (Å²) in [4.78, 5) is 0. The van der Waals surface area contributed by atoms with Crippen molar-refractivity contribution in [2.45, 2.75) is 132 Å². The molecule has 0 bridgehead atoms. The van der Waals surface area contributed by atoms with Gasteiger partial charge in [0.05, 0.1) is 19.6 Å². The highest BCUT2D eigenvalue weighted by atomic mass is 15.4. The Labute approximate surface area is 161 Å². The van der Waals surface area contributed by atoms with Crippen LogP contribution in [-0.4, -0.2) is 29.7 Å². The summed E-state index contributed by atoms with van der Waals surface area (Å²) in [5.74, 6) is 0. The Kier molecular flexibility index (Phi) is 12.3. The Balaban J connectivity index is 6.52. The molecule has 0 N–H and O–H groups in total. The predicted octanol–water partition coefficient (Wildman–Crippen LogP) is 7.98. The van der Waals surface area contributed by atoms with Gasteiger partial charge in [0.1, 0.15) is 5.54 Å². The Morgan fingerprint density at radius 3 is 1.04 bits per heavy atom. The van der Waals surface area contributed by atoms with Crippen LogP contribution in [0.3, 0.4) is 0 Å². The van der Waals surface area contributed by atoms with Gasteiger partial charge < -0.3 is 4.48 Å². The molecule has 1 nitrogen and oxygen atoms in total. The van der Waals surface area contributed by atoms with E-state index in [4.69, 9.17) is 0 Å². The maximum atomic E-state index is 2.68. The van der Waals surface area contributed by atoms with E-state index in [1.165, 1.54) is 94.7 Å². The monoisotopic (exact) mass is 354 g/mol. The normalized spacial score (nSPS) is 13.4. The fourth-order valence-corrected chi connectivity index (χ4v) is 6.56. The Hall–Kier alpha value is -0.0400. The van der Waals surface area contributed by atoms with Crippen molar-refractivity contribution in [2.24, 2.45) is 5.41 Å². The van der Waals surface area contributed by atoms with E-state index in [9.17, 15) is 0 Å². The molecule has 0 aliphatic carbocycles. The lowest BCUT2D eigenvalue weighted by atomic mass is 9.59. The highest BCUT2D eigenvalue weighted by molar-refractivity contribution is 4.98. The van der Waals surface area contributed by atoms with Crippen molar-refractivity contribution in [1.82, 2.24) is 0 Å². The summed E-state index contributed by atoms with van der Waals surface area (Å²) in [6.45, 7) is 23.7. The van der Waals surface area contributed by atoms with Gasteiger partial charge in [0.2, 0.25) is 0 Å². The number of quaternary nitrogens is 1. The van der Waals surface area contributed by atoms with E-state index in [2.05, 4.69) is 55.4 Å². The molecule has 0 radical (unpaired) electrons. The minimum atomic E-state index is 0.463. The molecule has 0 atom stereocenters. The lowest BCUT2D eigenvalue weighted by Crippen LogP contribution is -2.71. The lowest BCUT2D eigenvalue weighted by molar-refractivity contribution is -0.986. The van der Waals surface area contributed by atoms with Crippen molar-refractivity contribution in [1.29, 1.82) is 0 Å². The molecule has 0 spiro atoms. The fraction of sp³-hybridized carbons (Fsp3) is 1.00. The van der Waals surface area contributed by atoms with E-state index in [1.807, 2.05) is 0 Å². The minimum absolute atomic E-state index is 0.463. The van der Waals surface area contributed by atoms with Crippen molar-refractivity contribution in [2.75, 3.05) is 19.6 Å². The first-order valence-corrected chi connectivity index (χ1v) is 11.8. The first kappa shape index (κ1) is 25.0. The van der Waals surface area contributed by atoms with Crippen LogP contribution >= 0.6 is 0 Å². The van der Waals surface area contributed by atoms with Crippen LogP contribution in [0.4, 0.5) is 0 Å². The van der Waals surface area contributed by atoms with Gasteiger partial charge in [-0.3, -0.25) is 0 Å². The van der Waals surface area contributed by atoms with Gasteiger partial charge in [-0.25, -0.2) is 0 Å². The summed E-state index contributed by atoms with van der Waals surface area (Å²) < 4.78 is 1.40. The molecular weight excluding hydrogens is 302 g/mol. The summed E-state index contributed by atoms with van der Waals surface area (Å²) >= 11 is 0. The van der Waals surface area contributed by atoms with Crippen molar-refractivity contribution >= 4 is 0 Å². The van der Waals surface area contributed by atoms with Gasteiger partial charge in [0.15, 0.2) is 0 Å². The maximum absolute atomic E-state index is 2.68. The smallest absolute Gasteiger partial charge is 0.105 e. The van der Waals surface area contributed by atoms with Gasteiger partial charge in [-0.15, -0.1) is 0 Å². The van der Waals surface area contributed by atoms with E-state index in [1.54, 1.807) is 0 Å². The van der Waals surface area contributed by atoms with Gasteiger partial charge in [-0.1, -0.05) is 81.1 Å². The standard InChI is InChI=1S/C24H52N/c1-9-16-23(8,17-10-2)24(18-11-3,19-12-4)25(20-13-5,21-14-6)22-15-7/h9-22H2,1-8H3/q+1. The zero-order valence-corrected chi connectivity index (χ0v) is 19.3. The van der Waals surface area contributed by atoms with Crippen molar-refractivity contribution in [3.05, 3.63) is 0 Å². The summed E-state index contributed by atoms with van der Waals surface area (Å²) in [6.07, 6.45) is 14.9. The molecule has 0 saturated carbocycles. The lowest BCUT2D eigenvalue weighted by Gasteiger charge is -2.62. The average Bonchev–Trinajstić information content (AvgIpc) is 2.55. The molecule has 0 rings (SSSR count). The molecule has 0 aromatic heterocycles. The molecule has 0 aliphatic heterocycles. The van der Waals surface area contributed by atoms with E-state index >= 15 is 0 Å². The van der Waals surface area contributed by atoms with Crippen LogP contribution in [0, 0.1) is 5.41 Å². The predicted molar refractivity (Wildman–Crippen MR) is 116 cm³/mol. The molecule has 0 unspecified atom stereocenters. The molecule has 0 aromatic carbocycles. The van der Waals surface area contributed by atoms with E-state index in [0.29, 0.717) is 11.0 Å². The van der Waals surface area contributed by atoms with E-state index in [0.717, 1.165) is 0 Å². The van der Waals surface area contributed by atoms with Gasteiger partial charge in [0, 0.05) is 18.3 Å². The third-order valence-electron chi connectivity index (χ3n) is 6.92. The Morgan fingerprint density at radius 1 is 0.480 bits per heavy atom. The molecule has 0 amide bonds. The second-order valence-electron chi connectivity index (χ2n) is 8.91. The Morgan fingerprint density at radius 2 is 0.800 bits per heavy atom. The minimum Gasteiger partial charge on any atom is -0.318 e. The summed E-state index contributed by atoms with van der Waals surface area (Å²) in [6, 6.07) is 0. The van der Waals surface area contributed by atoms with Crippen LogP contribution in [0.5, 0.6) is 0 Å². The van der Waals surface area contributed by atoms with E-state index in [-0.39, 0.29) is 0 Å². The molecule has 0 fully saturated rings. The summed E-state index contributed by atoms with van der Waals surface area (Å²) in [5, 5.41) is 0. The number of nitrogens with zero attached hydrogens (tertiary/aromatic N) is 1. The second kappa shape index (κ2) is 12.4. The highest BCUT2D eigenvalue weighted by Gasteiger charge is 2.58. The largest absolute Gasteiger partial charge is 0.318 e. The number of rotatable bonds is 16. The van der Waals surface area contributed by atoms with Crippen LogP contribution in [0.1, 0.15) is 126 Å². The third kappa shape index (κ3) is 5.47. The number of hydrogen-bond acceptors (Lipinski definition) is 0. The van der Waals surface area contributed by atoms with Crippen LogP contribution in [0.25, 0.3) is 0 Å². The van der Waals surface area contributed by atoms with Crippen molar-refractivity contribution in [3.63, 3.8) is 0 Å². The van der Waals surface area contributed by atoms with Gasteiger partial charge in [0.25, 0.3) is 0 Å². The van der Waals surface area contributed by atoms with Gasteiger partial charge >= 0.3 is 0 Å². The fourth-order valence-electron chi connectivity index (χ4n) is 6.56. The second-order valence-corrected chi connectivity index (χ2v) is 8.91. The highest BCUT2D eigenvalue weighted by Crippen LogP contribution is 2.53. The molecular formula is C24H52N+. The number of hydrogen-bond donors (Lipinski definition) is 0. The van der Waals surface area contributed by atoms with Crippen LogP contribution in [0.2, 0.25) is 0 Å². The summed E-state index contributed by atoms with van der Waals surface area (Å²) in [7, 11) is 0. The Bertz CT molecular complexity index is 291. The SMILES string of the molecule is CCCC(C)(CCC)C(CCC)(CCC)[N+](CCC)(CCC)CCC. The molecule has 0 aliphatic rings. The zero-order valence-electron chi connectivity index (χ0n) is 19.3. The van der Waals surface area contributed by atoms with E-state index < -0.39 is 0 Å². The van der Waals surface area contributed by atoms with Gasteiger partial charge in [-0.2, -0.15) is 0 Å². The topological polar surface area (TPSA) is 0 Å². The van der Waals surface area contributed by atoms with Crippen molar-refractivity contribution < 1.29 is 4.48 Å². The maximum Gasteiger partial charge on any atom is 0.105 e. The van der Waals surface area contributed by atoms with Crippen LogP contribution in [0.15, 0.2) is 0 Å². The molecule has 0 heterocycles. The first-order chi connectivity index (χ1) is 11.9. The molecule has 25 heavy (non-hydrogen) atoms. The average molecular weight is 355 g/mol. The quantitative estimate of drug-likeness (QED) is 0.246.